The van der Waals surface area contributed by atoms with Crippen LogP contribution in [0.3, 0.4) is 0 Å². The van der Waals surface area contributed by atoms with Crippen molar-refractivity contribution in [2.24, 2.45) is 5.92 Å². The van der Waals surface area contributed by atoms with Crippen molar-refractivity contribution in [3.05, 3.63) is 24.3 Å². The number of esters is 1. The Balaban J connectivity index is 2.73. The van der Waals surface area contributed by atoms with Crippen molar-refractivity contribution in [3.8, 4) is 5.75 Å². The molecule has 0 aliphatic carbocycles. The summed E-state index contributed by atoms with van der Waals surface area (Å²) in [6.07, 6.45) is 0. The highest BCUT2D eigenvalue weighted by Crippen LogP contribution is 2.34. The van der Waals surface area contributed by atoms with Crippen LogP contribution in [0.25, 0.3) is 0 Å². The highest BCUT2D eigenvalue weighted by atomic mass is 32.2. The van der Waals surface area contributed by atoms with Crippen LogP contribution in [-0.4, -0.2) is 25.4 Å². The summed E-state index contributed by atoms with van der Waals surface area (Å²) < 4.78 is 10.0. The molecule has 1 aromatic carbocycles. The molecule has 0 radical (unpaired) electrons. The predicted octanol–water partition coefficient (Wildman–Crippen LogP) is 2.98. The van der Waals surface area contributed by atoms with E-state index in [1.165, 1.54) is 7.11 Å². The second-order valence-electron chi connectivity index (χ2n) is 3.79. The molecule has 1 rings (SSSR count). The summed E-state index contributed by atoms with van der Waals surface area (Å²) in [5.74, 6) is 0.510. The molecule has 94 valence electrons. The number of rotatable bonds is 5. The van der Waals surface area contributed by atoms with E-state index in [0.29, 0.717) is 0 Å². The highest BCUT2D eigenvalue weighted by molar-refractivity contribution is 8.00. The maximum Gasteiger partial charge on any atom is 0.309 e. The molecule has 0 saturated heterocycles. The molecule has 0 fully saturated rings. The van der Waals surface area contributed by atoms with E-state index in [9.17, 15) is 4.79 Å². The van der Waals surface area contributed by atoms with Crippen LogP contribution in [-0.2, 0) is 9.53 Å². The number of benzene rings is 1. The number of ether oxygens (including phenoxy) is 2. The van der Waals surface area contributed by atoms with E-state index < -0.39 is 0 Å². The Morgan fingerprint density at radius 3 is 2.47 bits per heavy atom. The van der Waals surface area contributed by atoms with Gasteiger partial charge in [-0.2, -0.15) is 0 Å². The first-order valence-corrected chi connectivity index (χ1v) is 6.35. The fourth-order valence-electron chi connectivity index (χ4n) is 1.40. The monoisotopic (exact) mass is 254 g/mol. The van der Waals surface area contributed by atoms with E-state index in [1.54, 1.807) is 18.9 Å². The van der Waals surface area contributed by atoms with Crippen LogP contribution in [0.2, 0.25) is 0 Å². The Hall–Kier alpha value is -1.16. The van der Waals surface area contributed by atoms with Gasteiger partial charge >= 0.3 is 5.97 Å². The fourth-order valence-corrected chi connectivity index (χ4v) is 2.54. The molecule has 2 unspecified atom stereocenters. The average Bonchev–Trinajstić information content (AvgIpc) is 2.37. The third kappa shape index (κ3) is 3.66. The van der Waals surface area contributed by atoms with Crippen molar-refractivity contribution in [3.63, 3.8) is 0 Å². The van der Waals surface area contributed by atoms with E-state index in [2.05, 4.69) is 0 Å². The Bertz CT molecular complexity index is 379. The summed E-state index contributed by atoms with van der Waals surface area (Å²) >= 11 is 1.62. The number of methoxy groups -OCH3 is 2. The third-order valence-corrected chi connectivity index (χ3v) is 4.03. The van der Waals surface area contributed by atoms with E-state index in [-0.39, 0.29) is 17.1 Å². The largest absolute Gasteiger partial charge is 0.496 e. The standard InChI is InChI=1S/C13H18O3S/c1-9(13(14)16-4)10(2)17-12-8-6-5-7-11(12)15-3/h5-10H,1-4H3. The zero-order chi connectivity index (χ0) is 12.8. The lowest BCUT2D eigenvalue weighted by molar-refractivity contribution is -0.144. The van der Waals surface area contributed by atoms with Crippen molar-refractivity contribution in [2.45, 2.75) is 24.0 Å². The molecule has 0 aliphatic rings. The van der Waals surface area contributed by atoms with Gasteiger partial charge in [-0.1, -0.05) is 26.0 Å². The van der Waals surface area contributed by atoms with Gasteiger partial charge in [0.05, 0.1) is 20.1 Å². The van der Waals surface area contributed by atoms with Gasteiger partial charge in [-0.3, -0.25) is 4.79 Å². The first-order chi connectivity index (χ1) is 8.10. The fraction of sp³-hybridized carbons (Fsp3) is 0.462. The Morgan fingerprint density at radius 2 is 1.88 bits per heavy atom. The quantitative estimate of drug-likeness (QED) is 0.598. The lowest BCUT2D eigenvalue weighted by atomic mass is 10.1. The molecule has 0 aromatic heterocycles. The minimum Gasteiger partial charge on any atom is -0.496 e. The Labute approximate surface area is 106 Å². The molecule has 1 aromatic rings. The van der Waals surface area contributed by atoms with Gasteiger partial charge < -0.3 is 9.47 Å². The summed E-state index contributed by atoms with van der Waals surface area (Å²) in [5, 5.41) is 0.138. The van der Waals surface area contributed by atoms with Gasteiger partial charge in [-0.15, -0.1) is 11.8 Å². The van der Waals surface area contributed by atoms with E-state index >= 15 is 0 Å². The third-order valence-electron chi connectivity index (χ3n) is 2.66. The summed E-state index contributed by atoms with van der Waals surface area (Å²) in [4.78, 5) is 12.5. The molecule has 2 atom stereocenters. The predicted molar refractivity (Wildman–Crippen MR) is 69.5 cm³/mol. The molecule has 4 heteroatoms. The number of hydrogen-bond donors (Lipinski definition) is 0. The number of thioether (sulfide) groups is 1. The molecular formula is C13H18O3S. The van der Waals surface area contributed by atoms with Crippen LogP contribution in [0.15, 0.2) is 29.2 Å². The number of carbonyl (C=O) groups is 1. The van der Waals surface area contributed by atoms with Crippen molar-refractivity contribution in [1.29, 1.82) is 0 Å². The molecule has 0 heterocycles. The molecule has 0 aliphatic heterocycles. The van der Waals surface area contributed by atoms with Crippen LogP contribution >= 0.6 is 11.8 Å². The molecule has 0 amide bonds. The molecule has 0 bridgehead atoms. The van der Waals surface area contributed by atoms with Crippen LogP contribution < -0.4 is 4.74 Å². The molecule has 17 heavy (non-hydrogen) atoms. The zero-order valence-electron chi connectivity index (χ0n) is 10.6. The second kappa shape index (κ2) is 6.55. The second-order valence-corrected chi connectivity index (χ2v) is 5.20. The van der Waals surface area contributed by atoms with Crippen molar-refractivity contribution >= 4 is 17.7 Å². The summed E-state index contributed by atoms with van der Waals surface area (Å²) in [6, 6.07) is 7.79. The van der Waals surface area contributed by atoms with Crippen LogP contribution in [0.5, 0.6) is 5.75 Å². The lowest BCUT2D eigenvalue weighted by Gasteiger charge is -2.18. The normalized spacial score (nSPS) is 13.9. The Kier molecular flexibility index (Phi) is 5.35. The van der Waals surface area contributed by atoms with Crippen LogP contribution in [0.4, 0.5) is 0 Å². The number of para-hydroxylation sites is 1. The van der Waals surface area contributed by atoms with Crippen molar-refractivity contribution in [2.75, 3.05) is 14.2 Å². The molecule has 3 nitrogen and oxygen atoms in total. The van der Waals surface area contributed by atoms with E-state index in [0.717, 1.165) is 10.6 Å². The van der Waals surface area contributed by atoms with Gasteiger partial charge in [0.15, 0.2) is 0 Å². The molecule has 0 spiro atoms. The van der Waals surface area contributed by atoms with Gasteiger partial charge in [0.1, 0.15) is 5.75 Å². The average molecular weight is 254 g/mol. The first kappa shape index (κ1) is 13.9. The number of carbonyl (C=O) groups excluding carboxylic acids is 1. The van der Waals surface area contributed by atoms with Crippen molar-refractivity contribution in [1.82, 2.24) is 0 Å². The maximum absolute atomic E-state index is 11.4. The topological polar surface area (TPSA) is 35.5 Å². The molecule has 0 N–H and O–H groups in total. The van der Waals surface area contributed by atoms with Gasteiger partial charge in [-0.05, 0) is 12.1 Å². The van der Waals surface area contributed by atoms with Crippen LogP contribution in [0, 0.1) is 5.92 Å². The summed E-state index contributed by atoms with van der Waals surface area (Å²) in [6.45, 7) is 3.89. The molecule has 0 saturated carbocycles. The minimum atomic E-state index is -0.181. The first-order valence-electron chi connectivity index (χ1n) is 5.47. The van der Waals surface area contributed by atoms with Crippen LogP contribution in [0.1, 0.15) is 13.8 Å². The van der Waals surface area contributed by atoms with Gasteiger partial charge in [0.2, 0.25) is 0 Å². The smallest absolute Gasteiger partial charge is 0.309 e. The molecular weight excluding hydrogens is 236 g/mol. The van der Waals surface area contributed by atoms with E-state index in [1.807, 2.05) is 38.1 Å². The maximum atomic E-state index is 11.4. The lowest BCUT2D eigenvalue weighted by Crippen LogP contribution is -2.21. The summed E-state index contributed by atoms with van der Waals surface area (Å²) in [7, 11) is 3.06. The summed E-state index contributed by atoms with van der Waals surface area (Å²) in [5.41, 5.74) is 0. The number of hydrogen-bond acceptors (Lipinski definition) is 4. The minimum absolute atomic E-state index is 0.138. The van der Waals surface area contributed by atoms with Gasteiger partial charge in [0.25, 0.3) is 0 Å². The SMILES string of the molecule is COC(=O)C(C)C(C)Sc1ccccc1OC. The van der Waals surface area contributed by atoms with E-state index in [4.69, 9.17) is 9.47 Å². The van der Waals surface area contributed by atoms with Gasteiger partial charge in [0, 0.05) is 10.1 Å². The highest BCUT2D eigenvalue weighted by Gasteiger charge is 2.22. The zero-order valence-corrected chi connectivity index (χ0v) is 11.4. The Morgan fingerprint density at radius 1 is 1.24 bits per heavy atom. The van der Waals surface area contributed by atoms with Gasteiger partial charge in [-0.25, -0.2) is 0 Å². The van der Waals surface area contributed by atoms with Crippen molar-refractivity contribution < 1.29 is 14.3 Å².